The van der Waals surface area contributed by atoms with Crippen LogP contribution in [0.2, 0.25) is 5.02 Å². The molecule has 0 unspecified atom stereocenters. The number of hydrogen-bond acceptors (Lipinski definition) is 3. The Hall–Kier alpha value is -1.74. The van der Waals surface area contributed by atoms with E-state index < -0.39 is 0 Å². The van der Waals surface area contributed by atoms with Crippen LogP contribution in [0.5, 0.6) is 5.75 Å². The lowest BCUT2D eigenvalue weighted by atomic mass is 10.3. The summed E-state index contributed by atoms with van der Waals surface area (Å²) < 4.78 is 5.53. The van der Waals surface area contributed by atoms with Gasteiger partial charge in [-0.25, -0.2) is 0 Å². The highest BCUT2D eigenvalue weighted by atomic mass is 35.5. The summed E-state index contributed by atoms with van der Waals surface area (Å²) in [4.78, 5) is 4.13. The maximum Gasteiger partial charge on any atom is 0.132 e. The third kappa shape index (κ3) is 2.64. The molecule has 0 saturated carbocycles. The fraction of sp³-hybridized carbons (Fsp3) is 0.0833. The van der Waals surface area contributed by atoms with Crippen molar-refractivity contribution < 1.29 is 4.74 Å². The van der Waals surface area contributed by atoms with E-state index in [1.165, 1.54) is 0 Å². The fourth-order valence-electron chi connectivity index (χ4n) is 1.28. The van der Waals surface area contributed by atoms with E-state index in [4.69, 9.17) is 22.1 Å². The zero-order chi connectivity index (χ0) is 11.4. The Kier molecular flexibility index (Phi) is 3.27. The second-order valence-electron chi connectivity index (χ2n) is 3.29. The van der Waals surface area contributed by atoms with Gasteiger partial charge in [0.05, 0.1) is 5.69 Å². The number of ether oxygens (including phenoxy) is 1. The molecular formula is C12H11ClN2O. The molecule has 0 fully saturated rings. The number of pyridine rings is 1. The number of hydrogen-bond donors (Lipinski definition) is 1. The Balaban J connectivity index is 2.05. The van der Waals surface area contributed by atoms with Gasteiger partial charge >= 0.3 is 0 Å². The number of aromatic nitrogens is 1. The van der Waals surface area contributed by atoms with Crippen LogP contribution in [-0.4, -0.2) is 4.98 Å². The molecule has 2 N–H and O–H groups in total. The van der Waals surface area contributed by atoms with E-state index in [0.717, 1.165) is 5.69 Å². The molecule has 2 rings (SSSR count). The summed E-state index contributed by atoms with van der Waals surface area (Å²) in [5, 5.41) is 0.645. The minimum atomic E-state index is 0.340. The van der Waals surface area contributed by atoms with Gasteiger partial charge in [0, 0.05) is 11.2 Å². The zero-order valence-electron chi connectivity index (χ0n) is 8.56. The first kappa shape index (κ1) is 10.8. The molecule has 1 aromatic heterocycles. The Morgan fingerprint density at radius 1 is 1.25 bits per heavy atom. The molecule has 0 atom stereocenters. The maximum atomic E-state index is 5.84. The van der Waals surface area contributed by atoms with E-state index in [1.807, 2.05) is 12.1 Å². The summed E-state index contributed by atoms with van der Waals surface area (Å²) in [5.41, 5.74) is 7.10. The highest BCUT2D eigenvalue weighted by molar-refractivity contribution is 6.30. The standard InChI is InChI=1S/C12H11ClN2O/c13-9-3-1-4-10(7-9)16-8-12-11(14)5-2-6-15-12/h1-7H,8,14H2. The number of nitrogen functional groups attached to an aromatic ring is 1. The van der Waals surface area contributed by atoms with Crippen molar-refractivity contribution in [1.29, 1.82) is 0 Å². The first-order valence-electron chi connectivity index (χ1n) is 4.83. The number of nitrogens with zero attached hydrogens (tertiary/aromatic N) is 1. The first-order valence-corrected chi connectivity index (χ1v) is 5.21. The van der Waals surface area contributed by atoms with Crippen LogP contribution in [0.4, 0.5) is 5.69 Å². The minimum Gasteiger partial charge on any atom is -0.487 e. The molecular weight excluding hydrogens is 224 g/mol. The third-order valence-electron chi connectivity index (χ3n) is 2.10. The summed E-state index contributed by atoms with van der Waals surface area (Å²) in [5.74, 6) is 0.706. The Labute approximate surface area is 98.8 Å². The molecule has 4 heteroatoms. The number of rotatable bonds is 3. The van der Waals surface area contributed by atoms with Gasteiger partial charge in [-0.05, 0) is 30.3 Å². The van der Waals surface area contributed by atoms with Crippen molar-refractivity contribution >= 4 is 17.3 Å². The molecule has 82 valence electrons. The van der Waals surface area contributed by atoms with Crippen LogP contribution in [0.1, 0.15) is 5.69 Å². The molecule has 0 saturated heterocycles. The Bertz CT molecular complexity index is 488. The van der Waals surface area contributed by atoms with E-state index in [-0.39, 0.29) is 0 Å². The molecule has 1 heterocycles. The molecule has 2 aromatic rings. The highest BCUT2D eigenvalue weighted by Crippen LogP contribution is 2.18. The number of nitrogens with two attached hydrogens (primary N) is 1. The average Bonchev–Trinajstić information content (AvgIpc) is 2.28. The average molecular weight is 235 g/mol. The van der Waals surface area contributed by atoms with Crippen molar-refractivity contribution in [2.45, 2.75) is 6.61 Å². The van der Waals surface area contributed by atoms with Gasteiger partial charge in [-0.1, -0.05) is 17.7 Å². The van der Waals surface area contributed by atoms with Crippen LogP contribution in [0.15, 0.2) is 42.6 Å². The Morgan fingerprint density at radius 2 is 2.12 bits per heavy atom. The summed E-state index contributed by atoms with van der Waals surface area (Å²) in [6.07, 6.45) is 1.69. The van der Waals surface area contributed by atoms with Gasteiger partial charge < -0.3 is 10.5 Å². The third-order valence-corrected chi connectivity index (χ3v) is 2.33. The molecule has 0 aliphatic carbocycles. The summed E-state index contributed by atoms with van der Waals surface area (Å²) in [6.45, 7) is 0.340. The van der Waals surface area contributed by atoms with Crippen molar-refractivity contribution in [2.75, 3.05) is 5.73 Å². The summed E-state index contributed by atoms with van der Waals surface area (Å²) in [6, 6.07) is 10.8. The normalized spacial score (nSPS) is 10.1. The van der Waals surface area contributed by atoms with Crippen molar-refractivity contribution in [3.05, 3.63) is 53.3 Å². The first-order chi connectivity index (χ1) is 7.75. The van der Waals surface area contributed by atoms with Crippen LogP contribution < -0.4 is 10.5 Å². The van der Waals surface area contributed by atoms with Gasteiger partial charge in [0.15, 0.2) is 0 Å². The predicted octanol–water partition coefficient (Wildman–Crippen LogP) is 2.90. The van der Waals surface area contributed by atoms with E-state index in [2.05, 4.69) is 4.98 Å². The molecule has 1 aromatic carbocycles. The summed E-state index contributed by atoms with van der Waals surface area (Å²) in [7, 11) is 0. The maximum absolute atomic E-state index is 5.84. The second-order valence-corrected chi connectivity index (χ2v) is 3.72. The summed E-state index contributed by atoms with van der Waals surface area (Å²) >= 11 is 5.84. The molecule has 0 bridgehead atoms. The number of halogens is 1. The van der Waals surface area contributed by atoms with Crippen LogP contribution in [0.25, 0.3) is 0 Å². The molecule has 0 radical (unpaired) electrons. The van der Waals surface area contributed by atoms with E-state index in [0.29, 0.717) is 23.1 Å². The quantitative estimate of drug-likeness (QED) is 0.888. The lowest BCUT2D eigenvalue weighted by Gasteiger charge is -2.07. The van der Waals surface area contributed by atoms with Crippen molar-refractivity contribution in [1.82, 2.24) is 4.98 Å². The molecule has 0 amide bonds. The van der Waals surface area contributed by atoms with Crippen LogP contribution in [0.3, 0.4) is 0 Å². The molecule has 0 aliphatic rings. The van der Waals surface area contributed by atoms with E-state index in [1.54, 1.807) is 30.5 Å². The van der Waals surface area contributed by atoms with E-state index in [9.17, 15) is 0 Å². The Morgan fingerprint density at radius 3 is 2.88 bits per heavy atom. The molecule has 16 heavy (non-hydrogen) atoms. The van der Waals surface area contributed by atoms with Crippen molar-refractivity contribution in [3.63, 3.8) is 0 Å². The SMILES string of the molecule is Nc1cccnc1COc1cccc(Cl)c1. The van der Waals surface area contributed by atoms with Gasteiger partial charge in [-0.3, -0.25) is 4.98 Å². The van der Waals surface area contributed by atoms with Crippen LogP contribution >= 0.6 is 11.6 Å². The smallest absolute Gasteiger partial charge is 0.132 e. The zero-order valence-corrected chi connectivity index (χ0v) is 9.32. The molecule has 0 aliphatic heterocycles. The van der Waals surface area contributed by atoms with E-state index >= 15 is 0 Å². The lowest BCUT2D eigenvalue weighted by molar-refractivity contribution is 0.302. The topological polar surface area (TPSA) is 48.1 Å². The largest absolute Gasteiger partial charge is 0.487 e. The minimum absolute atomic E-state index is 0.340. The predicted molar refractivity (Wildman–Crippen MR) is 64.4 cm³/mol. The van der Waals surface area contributed by atoms with Crippen molar-refractivity contribution in [2.24, 2.45) is 0 Å². The van der Waals surface area contributed by atoms with Crippen LogP contribution in [0, 0.1) is 0 Å². The fourth-order valence-corrected chi connectivity index (χ4v) is 1.46. The number of anilines is 1. The lowest BCUT2D eigenvalue weighted by Crippen LogP contribution is -2.02. The number of benzene rings is 1. The van der Waals surface area contributed by atoms with Gasteiger partial charge in [0.25, 0.3) is 0 Å². The second kappa shape index (κ2) is 4.86. The van der Waals surface area contributed by atoms with Gasteiger partial charge in [0.2, 0.25) is 0 Å². The van der Waals surface area contributed by atoms with Crippen molar-refractivity contribution in [3.8, 4) is 5.75 Å². The van der Waals surface area contributed by atoms with Crippen LogP contribution in [-0.2, 0) is 6.61 Å². The van der Waals surface area contributed by atoms with Gasteiger partial charge in [-0.2, -0.15) is 0 Å². The highest BCUT2D eigenvalue weighted by Gasteiger charge is 2.01. The molecule has 3 nitrogen and oxygen atoms in total. The van der Waals surface area contributed by atoms with Gasteiger partial charge in [0.1, 0.15) is 18.1 Å². The molecule has 0 spiro atoms. The van der Waals surface area contributed by atoms with Gasteiger partial charge in [-0.15, -0.1) is 0 Å². The monoisotopic (exact) mass is 234 g/mol.